The molecule has 1 aliphatic carbocycles. The summed E-state index contributed by atoms with van der Waals surface area (Å²) in [5.41, 5.74) is 11.0. The molecule has 36 heavy (non-hydrogen) atoms. The van der Waals surface area contributed by atoms with Crippen molar-refractivity contribution in [3.05, 3.63) is 59.7 Å². The van der Waals surface area contributed by atoms with Gasteiger partial charge in [-0.1, -0.05) is 24.3 Å². The molecule has 0 amide bonds. The molecule has 3 aliphatic rings. The van der Waals surface area contributed by atoms with Crippen LogP contribution in [0.25, 0.3) is 22.6 Å². The van der Waals surface area contributed by atoms with Crippen LogP contribution in [0.5, 0.6) is 6.01 Å². The molecule has 3 aromatic heterocycles. The highest BCUT2D eigenvalue weighted by atomic mass is 19.1. The summed E-state index contributed by atoms with van der Waals surface area (Å²) in [6.07, 6.45) is 4.07. The summed E-state index contributed by atoms with van der Waals surface area (Å²) in [4.78, 5) is 22.6. The zero-order valence-corrected chi connectivity index (χ0v) is 20.3. The molecule has 0 spiro atoms. The predicted octanol–water partition coefficient (Wildman–Crippen LogP) is 2.70. The van der Waals surface area contributed by atoms with Crippen LogP contribution in [-0.2, 0) is 13.1 Å². The minimum atomic E-state index is -0.438. The first-order valence-electron chi connectivity index (χ1n) is 12.2. The van der Waals surface area contributed by atoms with E-state index in [9.17, 15) is 4.39 Å². The van der Waals surface area contributed by atoms with Crippen LogP contribution in [0, 0.1) is 5.82 Å². The fraction of sp³-hybridized carbons (Fsp3) is 0.385. The Bertz CT molecular complexity index is 1500. The molecule has 7 rings (SSSR count). The number of nitrogen functional groups attached to an aromatic ring is 1. The monoisotopic (exact) mass is 486 g/mol. The first kappa shape index (κ1) is 21.6. The number of fused-ring (bicyclic) bond motifs is 1. The molecule has 4 aromatic rings. The first-order chi connectivity index (χ1) is 17.4. The average molecular weight is 487 g/mol. The molecule has 0 bridgehead atoms. The minimum absolute atomic E-state index is 0.189. The van der Waals surface area contributed by atoms with E-state index >= 15 is 0 Å². The Morgan fingerprint density at radius 1 is 1.03 bits per heavy atom. The van der Waals surface area contributed by atoms with E-state index in [1.165, 1.54) is 37.3 Å². The van der Waals surface area contributed by atoms with Crippen LogP contribution >= 0.6 is 0 Å². The third kappa shape index (κ3) is 2.94. The summed E-state index contributed by atoms with van der Waals surface area (Å²) in [7, 11) is 2.24. The van der Waals surface area contributed by atoms with Crippen molar-refractivity contribution in [3.8, 4) is 17.4 Å². The van der Waals surface area contributed by atoms with Crippen LogP contribution in [-0.4, -0.2) is 72.1 Å². The number of likely N-dealkylation sites (tertiary alicyclic amines) is 2. The van der Waals surface area contributed by atoms with Crippen molar-refractivity contribution in [3.63, 3.8) is 0 Å². The lowest BCUT2D eigenvalue weighted by Gasteiger charge is -2.60. The molecule has 10 heteroatoms. The first-order valence-corrected chi connectivity index (χ1v) is 12.2. The van der Waals surface area contributed by atoms with Gasteiger partial charge in [-0.2, -0.15) is 9.97 Å². The molecular formula is C26H27FN8O. The van der Waals surface area contributed by atoms with Gasteiger partial charge < -0.3 is 15.0 Å². The van der Waals surface area contributed by atoms with Crippen molar-refractivity contribution in [2.24, 2.45) is 0 Å². The van der Waals surface area contributed by atoms with Crippen LogP contribution < -0.4 is 10.5 Å². The van der Waals surface area contributed by atoms with Crippen molar-refractivity contribution in [2.45, 2.75) is 37.5 Å². The minimum Gasteiger partial charge on any atom is -0.464 e. The van der Waals surface area contributed by atoms with Gasteiger partial charge in [0.2, 0.25) is 0 Å². The Balaban J connectivity index is 1.20. The van der Waals surface area contributed by atoms with E-state index in [0.717, 1.165) is 12.1 Å². The van der Waals surface area contributed by atoms with Gasteiger partial charge in [-0.25, -0.2) is 9.37 Å². The number of anilines is 1. The van der Waals surface area contributed by atoms with Gasteiger partial charge in [0.1, 0.15) is 11.6 Å². The Labute approximate surface area is 207 Å². The number of benzene rings is 1. The van der Waals surface area contributed by atoms with Crippen LogP contribution in [0.4, 0.5) is 10.2 Å². The molecule has 5 heterocycles. The fourth-order valence-electron chi connectivity index (χ4n) is 6.25. The van der Waals surface area contributed by atoms with Gasteiger partial charge >= 0.3 is 6.01 Å². The van der Waals surface area contributed by atoms with Gasteiger partial charge in [-0.15, -0.1) is 0 Å². The van der Waals surface area contributed by atoms with Gasteiger partial charge in [0.05, 0.1) is 30.4 Å². The molecule has 3 fully saturated rings. The molecule has 0 radical (unpaired) electrons. The Kier molecular flexibility index (Phi) is 4.47. The molecular weight excluding hydrogens is 459 g/mol. The lowest BCUT2D eigenvalue weighted by atomic mass is 9.86. The summed E-state index contributed by atoms with van der Waals surface area (Å²) in [5.74, 6) is 0.303. The zero-order chi connectivity index (χ0) is 24.7. The number of halogens is 1. The average Bonchev–Trinajstić information content (AvgIpc) is 3.11. The number of imidazole rings is 1. The largest absolute Gasteiger partial charge is 0.464 e. The van der Waals surface area contributed by atoms with E-state index in [2.05, 4.69) is 61.0 Å². The third-order valence-corrected chi connectivity index (χ3v) is 8.19. The van der Waals surface area contributed by atoms with E-state index in [-0.39, 0.29) is 11.8 Å². The van der Waals surface area contributed by atoms with Crippen LogP contribution in [0.2, 0.25) is 0 Å². The van der Waals surface area contributed by atoms with Crippen molar-refractivity contribution >= 4 is 17.0 Å². The number of ether oxygens (including phenoxy) is 1. The number of nitrogens with zero attached hydrogens (tertiary/aromatic N) is 7. The fourth-order valence-corrected chi connectivity index (χ4v) is 6.25. The molecule has 9 nitrogen and oxygen atoms in total. The number of aromatic nitrogens is 5. The molecule has 2 saturated heterocycles. The highest BCUT2D eigenvalue weighted by Gasteiger charge is 2.86. The number of hydrogen-bond donors (Lipinski definition) is 1. The van der Waals surface area contributed by atoms with Crippen LogP contribution in [0.1, 0.15) is 24.5 Å². The number of nitrogens with two attached hydrogens (primary N) is 1. The quantitative estimate of drug-likeness (QED) is 0.426. The zero-order valence-electron chi connectivity index (χ0n) is 20.3. The predicted molar refractivity (Wildman–Crippen MR) is 133 cm³/mol. The molecule has 1 saturated carbocycles. The second-order valence-corrected chi connectivity index (χ2v) is 10.2. The molecule has 1 aromatic carbocycles. The van der Waals surface area contributed by atoms with Crippen LogP contribution in [0.15, 0.2) is 42.7 Å². The van der Waals surface area contributed by atoms with Crippen molar-refractivity contribution in [1.82, 2.24) is 34.3 Å². The summed E-state index contributed by atoms with van der Waals surface area (Å²) in [5, 5.41) is 0. The highest BCUT2D eigenvalue weighted by Crippen LogP contribution is 2.71. The van der Waals surface area contributed by atoms with Gasteiger partial charge in [0, 0.05) is 31.4 Å². The third-order valence-electron chi connectivity index (χ3n) is 8.19. The lowest BCUT2D eigenvalue weighted by Crippen LogP contribution is -2.77. The summed E-state index contributed by atoms with van der Waals surface area (Å²) in [6.45, 7) is 6.08. The van der Waals surface area contributed by atoms with Gasteiger partial charge in [-0.05, 0) is 37.6 Å². The molecule has 2 atom stereocenters. The normalized spacial score (nSPS) is 24.6. The topological polar surface area (TPSA) is 98.2 Å². The highest BCUT2D eigenvalue weighted by molar-refractivity contribution is 5.85. The summed E-state index contributed by atoms with van der Waals surface area (Å²) < 4.78 is 21.5. The van der Waals surface area contributed by atoms with Crippen LogP contribution in [0.3, 0.4) is 0 Å². The van der Waals surface area contributed by atoms with E-state index < -0.39 is 5.82 Å². The van der Waals surface area contributed by atoms with E-state index in [1.54, 1.807) is 6.20 Å². The SMILES string of the molecule is CCOc1nc(N)c2nc(-c3cncc(F)c3)n(Cc3ccc(CN4C[C@]56C[C@]45CN6C)cc3)c2n1. The number of pyridine rings is 1. The number of likely N-dealkylation sites (N-methyl/N-ethyl adjacent to an activating group) is 1. The maximum Gasteiger partial charge on any atom is 0.320 e. The standard InChI is InChI=1S/C26H27FN8O/c1-3-36-24-31-21(28)20-23(32-24)35(22(30-20)18-8-19(27)10-29-9-18)12-17-6-4-16(5-7-17)11-34-15-25-13-26(25,34)14-33(25)2/h4-10H,3,11-15H2,1-2H3,(H2,28,31,32)/t25-,26-/m1/s1. The van der Waals surface area contributed by atoms with Gasteiger partial charge in [-0.3, -0.25) is 14.8 Å². The number of hydrogen-bond acceptors (Lipinski definition) is 8. The Morgan fingerprint density at radius 2 is 1.81 bits per heavy atom. The molecule has 0 unspecified atom stereocenters. The molecule has 184 valence electrons. The van der Waals surface area contributed by atoms with E-state index in [1.807, 2.05) is 11.5 Å². The number of rotatable bonds is 7. The smallest absolute Gasteiger partial charge is 0.320 e. The van der Waals surface area contributed by atoms with E-state index in [4.69, 9.17) is 10.5 Å². The number of piperazine rings is 1. The maximum absolute atomic E-state index is 14.0. The van der Waals surface area contributed by atoms with E-state index in [0.29, 0.717) is 46.8 Å². The second-order valence-electron chi connectivity index (χ2n) is 10.2. The summed E-state index contributed by atoms with van der Waals surface area (Å²) >= 11 is 0. The Hall–Kier alpha value is -3.63. The second kappa shape index (κ2) is 7.44. The summed E-state index contributed by atoms with van der Waals surface area (Å²) in [6, 6.07) is 10.2. The van der Waals surface area contributed by atoms with Crippen molar-refractivity contribution in [2.75, 3.05) is 32.5 Å². The van der Waals surface area contributed by atoms with Crippen molar-refractivity contribution < 1.29 is 9.13 Å². The van der Waals surface area contributed by atoms with Gasteiger partial charge in [0.25, 0.3) is 0 Å². The molecule has 2 aliphatic heterocycles. The Morgan fingerprint density at radius 3 is 2.44 bits per heavy atom. The van der Waals surface area contributed by atoms with Gasteiger partial charge in [0.15, 0.2) is 17.0 Å². The maximum atomic E-state index is 14.0. The molecule has 2 N–H and O–H groups in total. The van der Waals surface area contributed by atoms with Crippen molar-refractivity contribution in [1.29, 1.82) is 0 Å². The lowest BCUT2D eigenvalue weighted by molar-refractivity contribution is -0.115.